The van der Waals surface area contributed by atoms with Crippen molar-refractivity contribution >= 4 is 0 Å². The fourth-order valence-corrected chi connectivity index (χ4v) is 17.3. The van der Waals surface area contributed by atoms with Crippen molar-refractivity contribution in [2.45, 2.75) is 75.0 Å². The molecule has 0 amide bonds. The molecule has 0 aliphatic heterocycles. The van der Waals surface area contributed by atoms with Crippen LogP contribution in [0.25, 0.3) is 145 Å². The smallest absolute Gasteiger partial charge is 0.0899 e. The Labute approximate surface area is 597 Å². The van der Waals surface area contributed by atoms with Gasteiger partial charge in [0.2, 0.25) is 0 Å². The lowest BCUT2D eigenvalue weighted by Crippen LogP contribution is -2.28. The number of benzene rings is 9. The highest BCUT2D eigenvalue weighted by Gasteiger charge is 2.46. The minimum Gasteiger partial charge on any atom is -0.264 e. The molecular formula is C96H74N6. The fourth-order valence-electron chi connectivity index (χ4n) is 17.3. The third-order valence-corrected chi connectivity index (χ3v) is 22.1. The largest absolute Gasteiger partial charge is 0.264 e. The predicted octanol–water partition coefficient (Wildman–Crippen LogP) is 24.5. The van der Waals surface area contributed by atoms with Crippen molar-refractivity contribution in [3.63, 3.8) is 0 Å². The molecule has 0 unspecified atom stereocenters. The Hall–Kier alpha value is -12.1. The van der Waals surface area contributed by atoms with Crippen LogP contribution in [0.4, 0.5) is 0 Å². The molecule has 4 aliphatic carbocycles. The number of aromatic nitrogens is 6. The van der Waals surface area contributed by atoms with E-state index < -0.39 is 0 Å². The molecule has 15 aromatic rings. The van der Waals surface area contributed by atoms with Crippen LogP contribution < -0.4 is 0 Å². The first-order chi connectivity index (χ1) is 50.5. The van der Waals surface area contributed by atoms with Gasteiger partial charge in [-0.05, 0) is 210 Å². The number of pyridine rings is 6. The number of rotatable bonds is 11. The molecule has 0 atom stereocenters. The van der Waals surface area contributed by atoms with Crippen molar-refractivity contribution < 1.29 is 0 Å². The lowest BCUT2D eigenvalue weighted by Gasteiger charge is -2.37. The SMILES string of the molecule is c1ccc(-c2cc(-c3cccnc3)cc(-c3ccc(-c4ccc(-c5ccc(-c6cccc7c6C6(CCCCC6)c6ccccc6-7)cc5)cc4)cc3)n2)nc1.c1cncc(-c2cc(-c3cccnc3)nc(-c3cccc(-c4cccc(-c5cccc6c5C5(CCCCC5)c5ccccc5-6)c4)c3)c2)c1. The fraction of sp³-hybridized carbons (Fsp3) is 0.125. The number of hydrogen-bond donors (Lipinski definition) is 0. The molecule has 102 heavy (non-hydrogen) atoms. The summed E-state index contributed by atoms with van der Waals surface area (Å²) in [6.45, 7) is 0. The van der Waals surface area contributed by atoms with E-state index in [0.717, 1.165) is 67.4 Å². The first-order valence-electron chi connectivity index (χ1n) is 36.2. The van der Waals surface area contributed by atoms with Crippen molar-refractivity contribution in [2.75, 3.05) is 0 Å². The molecule has 6 aromatic heterocycles. The summed E-state index contributed by atoms with van der Waals surface area (Å²) >= 11 is 0. The van der Waals surface area contributed by atoms with E-state index in [2.05, 4.69) is 269 Å². The summed E-state index contributed by atoms with van der Waals surface area (Å²) in [6, 6.07) is 104. The second-order valence-corrected chi connectivity index (χ2v) is 27.9. The average Bonchev–Trinajstić information content (AvgIpc) is 1.56. The normalized spacial score (nSPS) is 14.2. The molecule has 2 spiro atoms. The quantitative estimate of drug-likeness (QED) is 0.128. The highest BCUT2D eigenvalue weighted by atomic mass is 14.8. The number of hydrogen-bond acceptors (Lipinski definition) is 6. The van der Waals surface area contributed by atoms with Crippen LogP contribution in [-0.4, -0.2) is 29.9 Å². The van der Waals surface area contributed by atoms with E-state index in [1.165, 1.54) is 153 Å². The molecule has 9 aromatic carbocycles. The van der Waals surface area contributed by atoms with Gasteiger partial charge in [-0.3, -0.25) is 19.9 Å². The third-order valence-electron chi connectivity index (χ3n) is 22.1. The molecule has 0 N–H and O–H groups in total. The van der Waals surface area contributed by atoms with Crippen molar-refractivity contribution in [3.8, 4) is 145 Å². The zero-order chi connectivity index (χ0) is 67.8. The van der Waals surface area contributed by atoms with Crippen molar-refractivity contribution in [2.24, 2.45) is 0 Å². The lowest BCUT2D eigenvalue weighted by atomic mass is 9.66. The second-order valence-electron chi connectivity index (χ2n) is 27.9. The minimum atomic E-state index is 0.105. The van der Waals surface area contributed by atoms with Crippen LogP contribution in [-0.2, 0) is 10.8 Å². The van der Waals surface area contributed by atoms with Crippen LogP contribution in [0.2, 0.25) is 0 Å². The molecule has 488 valence electrons. The van der Waals surface area contributed by atoms with Crippen molar-refractivity contribution in [3.05, 3.63) is 351 Å². The Morgan fingerprint density at radius 3 is 1.08 bits per heavy atom. The Morgan fingerprint density at radius 2 is 0.578 bits per heavy atom. The van der Waals surface area contributed by atoms with Gasteiger partial charge in [-0.1, -0.05) is 251 Å². The average molecular weight is 1310 g/mol. The first-order valence-corrected chi connectivity index (χ1v) is 36.2. The minimum absolute atomic E-state index is 0.105. The molecule has 4 aliphatic rings. The standard InChI is InChI=1S/C51H39N3.C45H35N3/c1-5-28-51(29-6-1)46-14-3-2-11-44(46)45-13-8-12-43(50(45)51)39-24-20-37(21-25-39)35-16-18-36(19-17-35)38-22-26-40(27-23-38)48-32-42(41-10-9-30-52-34-41)33-49(54-48)47-15-4-7-31-53-47;1-4-21-45(22-5-1)41-20-3-2-17-39(41)40-19-8-18-38(44(40)45)33-13-6-11-31(25-33)32-12-7-14-34(26-32)42-27-37(35-15-9-23-46-29-35)28-43(48-42)36-16-10-24-47-30-36/h2-4,7-27,30-34H,1,5-6,28-29H2;2-3,6-20,23-30H,1,4-5,21-22H2. The van der Waals surface area contributed by atoms with Gasteiger partial charge in [0.05, 0.1) is 28.5 Å². The maximum Gasteiger partial charge on any atom is 0.0899 e. The van der Waals surface area contributed by atoms with Gasteiger partial charge >= 0.3 is 0 Å². The van der Waals surface area contributed by atoms with E-state index in [1.807, 2.05) is 67.4 Å². The van der Waals surface area contributed by atoms with Crippen LogP contribution in [0.1, 0.15) is 86.5 Å². The van der Waals surface area contributed by atoms with Gasteiger partial charge in [0, 0.05) is 82.0 Å². The predicted molar refractivity (Wildman–Crippen MR) is 418 cm³/mol. The summed E-state index contributed by atoms with van der Waals surface area (Å²) in [5.41, 5.74) is 36.4. The summed E-state index contributed by atoms with van der Waals surface area (Å²) in [6.07, 6.45) is 25.6. The van der Waals surface area contributed by atoms with Gasteiger partial charge in [-0.15, -0.1) is 0 Å². The van der Waals surface area contributed by atoms with Crippen LogP contribution >= 0.6 is 0 Å². The molecule has 0 radical (unpaired) electrons. The van der Waals surface area contributed by atoms with E-state index in [1.54, 1.807) is 23.5 Å². The van der Waals surface area contributed by atoms with Crippen molar-refractivity contribution in [1.29, 1.82) is 0 Å². The highest BCUT2D eigenvalue weighted by molar-refractivity contribution is 5.92. The van der Waals surface area contributed by atoms with Crippen molar-refractivity contribution in [1.82, 2.24) is 29.9 Å². The van der Waals surface area contributed by atoms with Gasteiger partial charge in [0.1, 0.15) is 0 Å². The molecule has 2 saturated carbocycles. The molecule has 6 nitrogen and oxygen atoms in total. The lowest BCUT2D eigenvalue weighted by molar-refractivity contribution is 0.353. The Kier molecular flexibility index (Phi) is 16.4. The van der Waals surface area contributed by atoms with Crippen LogP contribution in [0.5, 0.6) is 0 Å². The van der Waals surface area contributed by atoms with Gasteiger partial charge in [-0.25, -0.2) is 9.97 Å². The third kappa shape index (κ3) is 11.5. The monoisotopic (exact) mass is 1310 g/mol. The maximum atomic E-state index is 5.15. The van der Waals surface area contributed by atoms with E-state index in [4.69, 9.17) is 9.97 Å². The van der Waals surface area contributed by atoms with E-state index in [-0.39, 0.29) is 10.8 Å². The zero-order valence-electron chi connectivity index (χ0n) is 56.9. The van der Waals surface area contributed by atoms with E-state index >= 15 is 0 Å². The number of nitrogens with zero attached hydrogens (tertiary/aromatic N) is 6. The van der Waals surface area contributed by atoms with Gasteiger partial charge < -0.3 is 0 Å². The summed E-state index contributed by atoms with van der Waals surface area (Å²) in [5, 5.41) is 0. The summed E-state index contributed by atoms with van der Waals surface area (Å²) in [4.78, 5) is 27.9. The van der Waals surface area contributed by atoms with Crippen LogP contribution in [0.3, 0.4) is 0 Å². The van der Waals surface area contributed by atoms with E-state index in [9.17, 15) is 0 Å². The molecule has 0 saturated heterocycles. The molecule has 0 bridgehead atoms. The molecule has 6 heterocycles. The van der Waals surface area contributed by atoms with Gasteiger partial charge in [-0.2, -0.15) is 0 Å². The van der Waals surface area contributed by atoms with E-state index in [0.29, 0.717) is 0 Å². The van der Waals surface area contributed by atoms with Crippen LogP contribution in [0.15, 0.2) is 328 Å². The first kappa shape index (κ1) is 62.2. The zero-order valence-corrected chi connectivity index (χ0v) is 56.9. The summed E-state index contributed by atoms with van der Waals surface area (Å²) in [5.74, 6) is 0. The molecule has 19 rings (SSSR count). The molecular weight excluding hydrogens is 1240 g/mol. The topological polar surface area (TPSA) is 77.3 Å². The number of fused-ring (bicyclic) bond motifs is 10. The summed E-state index contributed by atoms with van der Waals surface area (Å²) < 4.78 is 0. The Balaban J connectivity index is 0.000000147. The Morgan fingerprint density at radius 1 is 0.206 bits per heavy atom. The summed E-state index contributed by atoms with van der Waals surface area (Å²) in [7, 11) is 0. The second kappa shape index (κ2) is 26.9. The maximum absolute atomic E-state index is 5.15. The van der Waals surface area contributed by atoms with Gasteiger partial charge in [0.25, 0.3) is 0 Å². The molecule has 6 heteroatoms. The molecule has 2 fully saturated rings. The van der Waals surface area contributed by atoms with Crippen LogP contribution in [0, 0.1) is 0 Å². The highest BCUT2D eigenvalue weighted by Crippen LogP contribution is 2.60. The Bertz CT molecular complexity index is 5430. The van der Waals surface area contributed by atoms with Gasteiger partial charge in [0.15, 0.2) is 0 Å².